The first-order valence-corrected chi connectivity index (χ1v) is 7.77. The second-order valence-electron chi connectivity index (χ2n) is 4.45. The predicted molar refractivity (Wildman–Crippen MR) is 82.1 cm³/mol. The van der Waals surface area contributed by atoms with E-state index in [-0.39, 0.29) is 6.61 Å². The number of benzene rings is 1. The van der Waals surface area contributed by atoms with Crippen LogP contribution in [0.3, 0.4) is 0 Å². The zero-order chi connectivity index (χ0) is 16.1. The molecule has 0 N–H and O–H groups in total. The zero-order valence-electron chi connectivity index (χ0n) is 12.5. The SMILES string of the molecule is COC(=O)c1cc(COC(=O)c2ccccc2SC)oc1C. The molecule has 2 aromatic rings. The molecule has 0 unspecified atom stereocenters. The molecule has 1 aromatic carbocycles. The van der Waals surface area contributed by atoms with Crippen molar-refractivity contribution in [1.29, 1.82) is 0 Å². The standard InChI is InChI=1S/C16H16O5S/c1-10-13(15(17)19-2)8-11(21-10)9-20-16(18)12-6-4-5-7-14(12)22-3/h4-8H,9H2,1-3H3. The van der Waals surface area contributed by atoms with Gasteiger partial charge in [-0.15, -0.1) is 11.8 Å². The molecular formula is C16H16O5S. The minimum atomic E-state index is -0.480. The molecule has 0 aliphatic carbocycles. The van der Waals surface area contributed by atoms with Gasteiger partial charge in [-0.2, -0.15) is 0 Å². The first-order valence-electron chi connectivity index (χ1n) is 6.54. The summed E-state index contributed by atoms with van der Waals surface area (Å²) < 4.78 is 15.3. The van der Waals surface area contributed by atoms with Gasteiger partial charge in [-0.05, 0) is 31.4 Å². The molecule has 0 saturated carbocycles. The molecule has 0 spiro atoms. The van der Waals surface area contributed by atoms with Crippen molar-refractivity contribution in [3.05, 3.63) is 53.0 Å². The van der Waals surface area contributed by atoms with Crippen LogP contribution in [0.1, 0.15) is 32.2 Å². The van der Waals surface area contributed by atoms with E-state index in [1.807, 2.05) is 18.4 Å². The summed E-state index contributed by atoms with van der Waals surface area (Å²) >= 11 is 1.47. The Hall–Kier alpha value is -2.21. The van der Waals surface area contributed by atoms with E-state index in [0.29, 0.717) is 22.6 Å². The van der Waals surface area contributed by atoms with Crippen molar-refractivity contribution in [2.45, 2.75) is 18.4 Å². The molecular weight excluding hydrogens is 304 g/mol. The third-order valence-electron chi connectivity index (χ3n) is 3.05. The minimum Gasteiger partial charge on any atom is -0.465 e. The average Bonchev–Trinajstić information content (AvgIpc) is 2.92. The van der Waals surface area contributed by atoms with Crippen LogP contribution < -0.4 is 0 Å². The quantitative estimate of drug-likeness (QED) is 0.621. The Balaban J connectivity index is 2.07. The number of hydrogen-bond donors (Lipinski definition) is 0. The Morgan fingerprint density at radius 3 is 2.59 bits per heavy atom. The molecule has 0 radical (unpaired) electrons. The lowest BCUT2D eigenvalue weighted by Crippen LogP contribution is -2.06. The van der Waals surface area contributed by atoms with Gasteiger partial charge < -0.3 is 13.9 Å². The number of thioether (sulfide) groups is 1. The van der Waals surface area contributed by atoms with Gasteiger partial charge >= 0.3 is 11.9 Å². The monoisotopic (exact) mass is 320 g/mol. The van der Waals surface area contributed by atoms with Crippen LogP contribution in [0.25, 0.3) is 0 Å². The Bertz CT molecular complexity index is 690. The summed E-state index contributed by atoms with van der Waals surface area (Å²) in [6, 6.07) is 8.73. The van der Waals surface area contributed by atoms with Gasteiger partial charge in [0, 0.05) is 4.90 Å². The van der Waals surface area contributed by atoms with E-state index in [1.54, 1.807) is 19.1 Å². The molecule has 2 rings (SSSR count). The van der Waals surface area contributed by atoms with Gasteiger partial charge in [0.25, 0.3) is 0 Å². The summed E-state index contributed by atoms with van der Waals surface area (Å²) in [5, 5.41) is 0. The molecule has 0 amide bonds. The Morgan fingerprint density at radius 2 is 1.91 bits per heavy atom. The van der Waals surface area contributed by atoms with Gasteiger partial charge in [0.05, 0.1) is 12.7 Å². The van der Waals surface area contributed by atoms with E-state index < -0.39 is 11.9 Å². The third-order valence-corrected chi connectivity index (χ3v) is 3.84. The van der Waals surface area contributed by atoms with Crippen molar-refractivity contribution in [3.8, 4) is 0 Å². The highest BCUT2D eigenvalue weighted by Crippen LogP contribution is 2.22. The summed E-state index contributed by atoms with van der Waals surface area (Å²) in [5.74, 6) is -0.0829. The second-order valence-corrected chi connectivity index (χ2v) is 5.30. The molecule has 0 aliphatic rings. The highest BCUT2D eigenvalue weighted by atomic mass is 32.2. The Kier molecular flexibility index (Phi) is 5.27. The maximum absolute atomic E-state index is 12.1. The van der Waals surface area contributed by atoms with Gasteiger partial charge in [0.2, 0.25) is 0 Å². The van der Waals surface area contributed by atoms with E-state index in [2.05, 4.69) is 4.74 Å². The number of esters is 2. The molecule has 22 heavy (non-hydrogen) atoms. The Labute approximate surface area is 132 Å². The van der Waals surface area contributed by atoms with Gasteiger partial charge in [-0.3, -0.25) is 0 Å². The molecule has 0 bridgehead atoms. The van der Waals surface area contributed by atoms with Crippen molar-refractivity contribution in [2.75, 3.05) is 13.4 Å². The average molecular weight is 320 g/mol. The molecule has 0 atom stereocenters. The third kappa shape index (κ3) is 3.51. The van der Waals surface area contributed by atoms with Crippen LogP contribution in [-0.4, -0.2) is 25.3 Å². The number of methoxy groups -OCH3 is 1. The topological polar surface area (TPSA) is 65.7 Å². The van der Waals surface area contributed by atoms with E-state index >= 15 is 0 Å². The summed E-state index contributed by atoms with van der Waals surface area (Å²) in [7, 11) is 1.30. The van der Waals surface area contributed by atoms with E-state index in [1.165, 1.54) is 24.9 Å². The van der Waals surface area contributed by atoms with Crippen molar-refractivity contribution in [3.63, 3.8) is 0 Å². The van der Waals surface area contributed by atoms with Gasteiger partial charge in [-0.25, -0.2) is 9.59 Å². The smallest absolute Gasteiger partial charge is 0.341 e. The summed E-state index contributed by atoms with van der Waals surface area (Å²) in [6.07, 6.45) is 1.89. The fourth-order valence-electron chi connectivity index (χ4n) is 1.96. The molecule has 5 nitrogen and oxygen atoms in total. The van der Waals surface area contributed by atoms with Crippen LogP contribution in [0.15, 0.2) is 39.6 Å². The van der Waals surface area contributed by atoms with Crippen molar-refractivity contribution >= 4 is 23.7 Å². The molecule has 0 fully saturated rings. The van der Waals surface area contributed by atoms with Crippen LogP contribution in [0.5, 0.6) is 0 Å². The maximum atomic E-state index is 12.1. The van der Waals surface area contributed by atoms with E-state index in [4.69, 9.17) is 9.15 Å². The number of rotatable bonds is 5. The largest absolute Gasteiger partial charge is 0.465 e. The van der Waals surface area contributed by atoms with Gasteiger partial charge in [-0.1, -0.05) is 12.1 Å². The lowest BCUT2D eigenvalue weighted by molar-refractivity contribution is 0.0440. The number of carbonyl (C=O) groups is 2. The number of aryl methyl sites for hydroxylation is 1. The molecule has 116 valence electrons. The fraction of sp³-hybridized carbons (Fsp3) is 0.250. The molecule has 0 aliphatic heterocycles. The number of ether oxygens (including phenoxy) is 2. The number of furan rings is 1. The van der Waals surface area contributed by atoms with Crippen LogP contribution in [0.4, 0.5) is 0 Å². The molecule has 1 heterocycles. The lowest BCUT2D eigenvalue weighted by Gasteiger charge is -2.06. The number of hydrogen-bond acceptors (Lipinski definition) is 6. The molecule has 0 saturated heterocycles. The minimum absolute atomic E-state index is 0.0423. The van der Waals surface area contributed by atoms with Gasteiger partial charge in [0.15, 0.2) is 0 Å². The summed E-state index contributed by atoms with van der Waals surface area (Å²) in [5.41, 5.74) is 0.838. The molecule has 1 aromatic heterocycles. The predicted octanol–water partition coefficient (Wildman–Crippen LogP) is 3.45. The fourth-order valence-corrected chi connectivity index (χ4v) is 2.54. The highest BCUT2D eigenvalue weighted by Gasteiger charge is 2.17. The van der Waals surface area contributed by atoms with Crippen molar-refractivity contribution in [2.24, 2.45) is 0 Å². The molecule has 6 heteroatoms. The first-order chi connectivity index (χ1) is 10.6. The van der Waals surface area contributed by atoms with Crippen LogP contribution in [-0.2, 0) is 16.1 Å². The van der Waals surface area contributed by atoms with Crippen molar-refractivity contribution in [1.82, 2.24) is 0 Å². The van der Waals surface area contributed by atoms with Crippen LogP contribution in [0, 0.1) is 6.92 Å². The van der Waals surface area contributed by atoms with Crippen LogP contribution >= 0.6 is 11.8 Å². The van der Waals surface area contributed by atoms with E-state index in [9.17, 15) is 9.59 Å². The normalized spacial score (nSPS) is 10.3. The van der Waals surface area contributed by atoms with Crippen LogP contribution in [0.2, 0.25) is 0 Å². The first kappa shape index (κ1) is 16.2. The second kappa shape index (κ2) is 7.17. The van der Waals surface area contributed by atoms with Gasteiger partial charge in [0.1, 0.15) is 23.7 Å². The maximum Gasteiger partial charge on any atom is 0.341 e. The van der Waals surface area contributed by atoms with Crippen molar-refractivity contribution < 1.29 is 23.5 Å². The summed E-state index contributed by atoms with van der Waals surface area (Å²) in [4.78, 5) is 24.5. The Morgan fingerprint density at radius 1 is 1.18 bits per heavy atom. The van der Waals surface area contributed by atoms with E-state index in [0.717, 1.165) is 4.90 Å². The highest BCUT2D eigenvalue weighted by molar-refractivity contribution is 7.98. The zero-order valence-corrected chi connectivity index (χ0v) is 13.4. The number of carbonyl (C=O) groups excluding carboxylic acids is 2. The summed E-state index contributed by atoms with van der Waals surface area (Å²) in [6.45, 7) is 1.61. The lowest BCUT2D eigenvalue weighted by atomic mass is 10.2.